The van der Waals surface area contributed by atoms with Crippen LogP contribution in [-0.2, 0) is 6.54 Å². The lowest BCUT2D eigenvalue weighted by Crippen LogP contribution is -2.27. The maximum Gasteiger partial charge on any atom is 0.283 e. The number of aromatic nitrogens is 2. The molecule has 0 spiro atoms. The van der Waals surface area contributed by atoms with E-state index >= 15 is 0 Å². The van der Waals surface area contributed by atoms with E-state index in [4.69, 9.17) is 0 Å². The number of aryl methyl sites for hydroxylation is 1. The zero-order valence-electron chi connectivity index (χ0n) is 10.5. The predicted octanol–water partition coefficient (Wildman–Crippen LogP) is 2.94. The summed E-state index contributed by atoms with van der Waals surface area (Å²) in [6.45, 7) is 2.69. The molecule has 0 saturated carbocycles. The Morgan fingerprint density at radius 2 is 2.39 bits per heavy atom. The zero-order valence-corrected chi connectivity index (χ0v) is 12.1. The van der Waals surface area contributed by atoms with Crippen molar-refractivity contribution in [2.24, 2.45) is 0 Å². The molecule has 1 N–H and O–H groups in total. The highest BCUT2D eigenvalue weighted by atomic mass is 79.9. The minimum atomic E-state index is -0.0619. The molecule has 1 heterocycles. The molecule has 5 heteroatoms. The smallest absolute Gasteiger partial charge is 0.283 e. The maximum absolute atomic E-state index is 12.0. The molecule has 0 bridgehead atoms. The summed E-state index contributed by atoms with van der Waals surface area (Å²) in [5.74, 6) is 0. The van der Waals surface area contributed by atoms with Gasteiger partial charge in [0.15, 0.2) is 0 Å². The molecule has 1 aromatic rings. The fourth-order valence-electron chi connectivity index (χ4n) is 2.08. The average Bonchev–Trinajstić information content (AvgIpc) is 2.40. The van der Waals surface area contributed by atoms with Crippen molar-refractivity contribution in [3.8, 4) is 0 Å². The van der Waals surface area contributed by atoms with E-state index in [9.17, 15) is 4.79 Å². The number of rotatable bonds is 4. The van der Waals surface area contributed by atoms with Crippen LogP contribution in [0.25, 0.3) is 0 Å². The topological polar surface area (TPSA) is 46.9 Å². The third-order valence-corrected chi connectivity index (χ3v) is 3.82. The highest BCUT2D eigenvalue weighted by molar-refractivity contribution is 9.10. The predicted molar refractivity (Wildman–Crippen MR) is 76.9 cm³/mol. The lowest BCUT2D eigenvalue weighted by molar-refractivity contribution is 0.564. The first-order valence-electron chi connectivity index (χ1n) is 6.39. The van der Waals surface area contributed by atoms with Gasteiger partial charge < -0.3 is 5.32 Å². The summed E-state index contributed by atoms with van der Waals surface area (Å²) in [6.07, 6.45) is 10.2. The van der Waals surface area contributed by atoms with Crippen molar-refractivity contribution in [1.29, 1.82) is 0 Å². The summed E-state index contributed by atoms with van der Waals surface area (Å²) >= 11 is 3.37. The Labute approximate surface area is 115 Å². The Morgan fingerprint density at radius 3 is 3.06 bits per heavy atom. The summed E-state index contributed by atoms with van der Waals surface area (Å²) in [5.41, 5.74) is 0.737. The third-order valence-electron chi connectivity index (χ3n) is 3.05. The van der Waals surface area contributed by atoms with Crippen LogP contribution in [0.4, 0.5) is 5.69 Å². The largest absolute Gasteiger partial charge is 0.380 e. The number of anilines is 1. The summed E-state index contributed by atoms with van der Waals surface area (Å²) in [4.78, 5) is 12.0. The number of hydrogen-bond acceptors (Lipinski definition) is 3. The first-order valence-corrected chi connectivity index (χ1v) is 7.18. The Balaban J connectivity index is 2.16. The van der Waals surface area contributed by atoms with E-state index in [0.717, 1.165) is 31.4 Å². The van der Waals surface area contributed by atoms with Gasteiger partial charge in [0.1, 0.15) is 4.47 Å². The molecule has 0 radical (unpaired) electrons. The molecule has 1 atom stereocenters. The average molecular weight is 312 g/mol. The fourth-order valence-corrected chi connectivity index (χ4v) is 2.50. The number of nitrogens with zero attached hydrogens (tertiary/aromatic N) is 2. The standard InChI is InChI=1S/C13H18BrN3O/c1-2-8-17-13(18)12(14)11(9-15-17)16-10-6-4-3-5-7-10/h3-4,9-10,16H,2,5-8H2,1H3. The van der Waals surface area contributed by atoms with Crippen molar-refractivity contribution in [1.82, 2.24) is 9.78 Å². The van der Waals surface area contributed by atoms with Crippen molar-refractivity contribution in [2.75, 3.05) is 5.32 Å². The summed E-state index contributed by atoms with van der Waals surface area (Å²) in [5, 5.41) is 7.57. The molecule has 98 valence electrons. The van der Waals surface area contributed by atoms with Gasteiger partial charge in [-0.15, -0.1) is 0 Å². The number of halogens is 1. The molecular formula is C13H18BrN3O. The first kappa shape index (κ1) is 13.3. The van der Waals surface area contributed by atoms with E-state index in [1.165, 1.54) is 4.68 Å². The molecule has 0 aromatic carbocycles. The molecule has 0 aliphatic heterocycles. The molecule has 0 fully saturated rings. The highest BCUT2D eigenvalue weighted by Gasteiger charge is 2.13. The van der Waals surface area contributed by atoms with Crippen LogP contribution >= 0.6 is 15.9 Å². The SMILES string of the molecule is CCCn1ncc(NC2CC=CCC2)c(Br)c1=O. The summed E-state index contributed by atoms with van der Waals surface area (Å²) in [6, 6.07) is 0.398. The van der Waals surface area contributed by atoms with Gasteiger partial charge in [-0.3, -0.25) is 4.79 Å². The normalized spacial score (nSPS) is 18.9. The van der Waals surface area contributed by atoms with Gasteiger partial charge in [-0.1, -0.05) is 19.1 Å². The van der Waals surface area contributed by atoms with Gasteiger partial charge in [0.25, 0.3) is 5.56 Å². The van der Waals surface area contributed by atoms with Crippen LogP contribution in [0.15, 0.2) is 27.6 Å². The molecule has 2 rings (SSSR count). The van der Waals surface area contributed by atoms with Gasteiger partial charge in [-0.25, -0.2) is 4.68 Å². The van der Waals surface area contributed by atoms with Crippen LogP contribution in [-0.4, -0.2) is 15.8 Å². The molecule has 1 aliphatic carbocycles. The molecule has 1 aliphatic rings. The van der Waals surface area contributed by atoms with Gasteiger partial charge in [-0.05, 0) is 41.6 Å². The van der Waals surface area contributed by atoms with E-state index in [-0.39, 0.29) is 5.56 Å². The minimum Gasteiger partial charge on any atom is -0.380 e. The Bertz CT molecular complexity index is 495. The second-order valence-electron chi connectivity index (χ2n) is 4.53. The van der Waals surface area contributed by atoms with Crippen molar-refractivity contribution < 1.29 is 0 Å². The number of nitrogens with one attached hydrogen (secondary N) is 1. The molecule has 1 aromatic heterocycles. The maximum atomic E-state index is 12.0. The fraction of sp³-hybridized carbons (Fsp3) is 0.538. The summed E-state index contributed by atoms with van der Waals surface area (Å²) in [7, 11) is 0. The van der Waals surface area contributed by atoms with Crippen molar-refractivity contribution in [2.45, 2.75) is 45.2 Å². The van der Waals surface area contributed by atoms with E-state index < -0.39 is 0 Å². The monoisotopic (exact) mass is 311 g/mol. The third kappa shape index (κ3) is 3.02. The van der Waals surface area contributed by atoms with Gasteiger partial charge in [0.05, 0.1) is 11.9 Å². The van der Waals surface area contributed by atoms with E-state index in [0.29, 0.717) is 17.1 Å². The second-order valence-corrected chi connectivity index (χ2v) is 5.32. The van der Waals surface area contributed by atoms with E-state index in [2.05, 4.69) is 38.5 Å². The zero-order chi connectivity index (χ0) is 13.0. The van der Waals surface area contributed by atoms with Gasteiger partial charge >= 0.3 is 0 Å². The molecule has 0 amide bonds. The molecular weight excluding hydrogens is 294 g/mol. The van der Waals surface area contributed by atoms with Crippen LogP contribution in [0.5, 0.6) is 0 Å². The lowest BCUT2D eigenvalue weighted by atomic mass is 10.0. The van der Waals surface area contributed by atoms with Crippen LogP contribution in [0.2, 0.25) is 0 Å². The van der Waals surface area contributed by atoms with E-state index in [1.54, 1.807) is 6.20 Å². The van der Waals surface area contributed by atoms with Gasteiger partial charge in [-0.2, -0.15) is 5.10 Å². The molecule has 0 saturated heterocycles. The van der Waals surface area contributed by atoms with Crippen LogP contribution in [0.1, 0.15) is 32.6 Å². The Kier molecular flexibility index (Phi) is 4.58. The first-order chi connectivity index (χ1) is 8.72. The van der Waals surface area contributed by atoms with Gasteiger partial charge in [0.2, 0.25) is 0 Å². The number of allylic oxidation sites excluding steroid dienone is 1. The number of hydrogen-bond donors (Lipinski definition) is 1. The van der Waals surface area contributed by atoms with Crippen LogP contribution in [0.3, 0.4) is 0 Å². The van der Waals surface area contributed by atoms with Crippen molar-refractivity contribution in [3.63, 3.8) is 0 Å². The minimum absolute atomic E-state index is 0.0619. The molecule has 1 unspecified atom stereocenters. The van der Waals surface area contributed by atoms with E-state index in [1.807, 2.05) is 6.92 Å². The quantitative estimate of drug-likeness (QED) is 0.870. The second kappa shape index (κ2) is 6.18. The molecule has 4 nitrogen and oxygen atoms in total. The van der Waals surface area contributed by atoms with Crippen LogP contribution < -0.4 is 10.9 Å². The Hall–Kier alpha value is -1.10. The Morgan fingerprint density at radius 1 is 1.56 bits per heavy atom. The highest BCUT2D eigenvalue weighted by Crippen LogP contribution is 2.21. The van der Waals surface area contributed by atoms with Crippen molar-refractivity contribution >= 4 is 21.6 Å². The lowest BCUT2D eigenvalue weighted by Gasteiger charge is -2.21. The van der Waals surface area contributed by atoms with Crippen LogP contribution in [0, 0.1) is 0 Å². The van der Waals surface area contributed by atoms with Crippen molar-refractivity contribution in [3.05, 3.63) is 33.2 Å². The summed E-state index contributed by atoms with van der Waals surface area (Å²) < 4.78 is 2.08. The van der Waals surface area contributed by atoms with Gasteiger partial charge in [0, 0.05) is 12.6 Å². The molecule has 18 heavy (non-hydrogen) atoms.